The van der Waals surface area contributed by atoms with Crippen LogP contribution in [-0.4, -0.2) is 40.7 Å². The van der Waals surface area contributed by atoms with Crippen LogP contribution in [0.2, 0.25) is 0 Å². The summed E-state index contributed by atoms with van der Waals surface area (Å²) in [7, 11) is 0. The second kappa shape index (κ2) is 6.15. The largest absolute Gasteiger partial charge is 0.492 e. The Morgan fingerprint density at radius 2 is 2.17 bits per heavy atom. The maximum Gasteiger partial charge on any atom is 0.353 e. The molecule has 100 valence electrons. The first kappa shape index (κ1) is 13.3. The van der Waals surface area contributed by atoms with Crippen molar-refractivity contribution in [2.75, 3.05) is 19.7 Å². The van der Waals surface area contributed by atoms with Crippen LogP contribution in [0.25, 0.3) is 0 Å². The summed E-state index contributed by atoms with van der Waals surface area (Å²) in [5, 5.41) is 10.4. The molecule has 1 fully saturated rings. The van der Waals surface area contributed by atoms with Crippen LogP contribution in [-0.2, 0) is 11.3 Å². The average molecular weight is 270 g/mol. The molecule has 0 unspecified atom stereocenters. The molecule has 1 saturated heterocycles. The molecule has 6 heteroatoms. The number of carbonyl (C=O) groups is 1. The summed E-state index contributed by atoms with van der Waals surface area (Å²) in [4.78, 5) is 18.1. The highest BCUT2D eigenvalue weighted by molar-refractivity contribution is 7.13. The monoisotopic (exact) mass is 270 g/mol. The summed E-state index contributed by atoms with van der Waals surface area (Å²) in [6.45, 7) is 4.88. The molecule has 0 aromatic carbocycles. The predicted molar refractivity (Wildman–Crippen MR) is 68.9 cm³/mol. The third-order valence-corrected chi connectivity index (χ3v) is 3.93. The minimum absolute atomic E-state index is 0.203. The van der Waals surface area contributed by atoms with Crippen molar-refractivity contribution in [3.05, 3.63) is 9.88 Å². The Morgan fingerprint density at radius 3 is 2.83 bits per heavy atom. The maximum atomic E-state index is 11.5. The summed E-state index contributed by atoms with van der Waals surface area (Å²) in [5.41, 5.74) is 0. The van der Waals surface area contributed by atoms with Gasteiger partial charge in [-0.05, 0) is 32.9 Å². The molecule has 0 amide bonds. The van der Waals surface area contributed by atoms with Crippen LogP contribution < -0.4 is 0 Å². The highest BCUT2D eigenvalue weighted by Gasteiger charge is 2.20. The molecular formula is C12H18N2O3S. The number of hydrogen-bond acceptors (Lipinski definition) is 6. The Balaban J connectivity index is 2.01. The van der Waals surface area contributed by atoms with Gasteiger partial charge in [0.05, 0.1) is 13.2 Å². The number of aromatic nitrogens is 1. The van der Waals surface area contributed by atoms with Crippen LogP contribution in [0.4, 0.5) is 0 Å². The summed E-state index contributed by atoms with van der Waals surface area (Å²) >= 11 is 1.22. The van der Waals surface area contributed by atoms with Crippen LogP contribution in [0.15, 0.2) is 0 Å². The molecule has 1 aliphatic heterocycles. The molecule has 18 heavy (non-hydrogen) atoms. The quantitative estimate of drug-likeness (QED) is 0.848. The molecule has 0 spiro atoms. The Labute approximate surface area is 110 Å². The van der Waals surface area contributed by atoms with E-state index in [1.54, 1.807) is 6.92 Å². The van der Waals surface area contributed by atoms with Crippen LogP contribution in [0.3, 0.4) is 0 Å². The smallest absolute Gasteiger partial charge is 0.353 e. The number of thiazole rings is 1. The van der Waals surface area contributed by atoms with E-state index in [1.807, 2.05) is 0 Å². The van der Waals surface area contributed by atoms with Gasteiger partial charge in [0.1, 0.15) is 5.01 Å². The normalized spacial score (nSPS) is 16.7. The number of aromatic hydroxyl groups is 1. The molecule has 2 rings (SSSR count). The van der Waals surface area contributed by atoms with Gasteiger partial charge in [0.25, 0.3) is 0 Å². The second-order valence-electron chi connectivity index (χ2n) is 4.32. The summed E-state index contributed by atoms with van der Waals surface area (Å²) < 4.78 is 4.87. The Kier molecular flexibility index (Phi) is 4.54. The summed E-state index contributed by atoms with van der Waals surface area (Å²) in [6, 6.07) is 0. The van der Waals surface area contributed by atoms with Crippen LogP contribution >= 0.6 is 11.3 Å². The van der Waals surface area contributed by atoms with Gasteiger partial charge in [0.15, 0.2) is 4.88 Å². The van der Waals surface area contributed by atoms with E-state index in [0.29, 0.717) is 13.2 Å². The Morgan fingerprint density at radius 1 is 1.44 bits per heavy atom. The fraction of sp³-hybridized carbons (Fsp3) is 0.667. The number of hydrogen-bond donors (Lipinski definition) is 1. The lowest BCUT2D eigenvalue weighted by molar-refractivity contribution is 0.0528. The predicted octanol–water partition coefficient (Wildman–Crippen LogP) is 2.01. The standard InChI is InChI=1S/C12H18N2O3S/c1-2-17-12(16)10-11(15)13-9(18-10)8-14-6-4-3-5-7-14/h15H,2-8H2,1H3. The number of rotatable bonds is 4. The third-order valence-electron chi connectivity index (χ3n) is 2.92. The van der Waals surface area contributed by atoms with E-state index >= 15 is 0 Å². The molecule has 5 nitrogen and oxygen atoms in total. The van der Waals surface area contributed by atoms with Crippen molar-refractivity contribution < 1.29 is 14.6 Å². The van der Waals surface area contributed by atoms with Crippen molar-refractivity contribution in [3.63, 3.8) is 0 Å². The number of carbonyl (C=O) groups excluding carboxylic acids is 1. The fourth-order valence-corrected chi connectivity index (χ4v) is 2.96. The second-order valence-corrected chi connectivity index (χ2v) is 5.40. The lowest BCUT2D eigenvalue weighted by Crippen LogP contribution is -2.28. The van der Waals surface area contributed by atoms with Crippen LogP contribution in [0.5, 0.6) is 5.88 Å². The van der Waals surface area contributed by atoms with Gasteiger partial charge in [-0.2, -0.15) is 0 Å². The van der Waals surface area contributed by atoms with E-state index in [4.69, 9.17) is 4.74 Å². The van der Waals surface area contributed by atoms with E-state index in [0.717, 1.165) is 18.1 Å². The number of esters is 1. The van der Waals surface area contributed by atoms with Crippen LogP contribution in [0, 0.1) is 0 Å². The van der Waals surface area contributed by atoms with E-state index < -0.39 is 5.97 Å². The van der Waals surface area contributed by atoms with Gasteiger partial charge in [-0.25, -0.2) is 9.78 Å². The highest BCUT2D eigenvalue weighted by atomic mass is 32.1. The first-order valence-electron chi connectivity index (χ1n) is 6.29. The first-order chi connectivity index (χ1) is 8.70. The molecular weight excluding hydrogens is 252 g/mol. The van der Waals surface area contributed by atoms with Crippen molar-refractivity contribution in [1.82, 2.24) is 9.88 Å². The Bertz CT molecular complexity index is 413. The topological polar surface area (TPSA) is 62.7 Å². The Hall–Kier alpha value is -1.14. The first-order valence-corrected chi connectivity index (χ1v) is 7.10. The fourth-order valence-electron chi connectivity index (χ4n) is 2.06. The molecule has 0 saturated carbocycles. The molecule has 0 bridgehead atoms. The maximum absolute atomic E-state index is 11.5. The van der Waals surface area contributed by atoms with E-state index in [-0.39, 0.29) is 10.8 Å². The zero-order valence-electron chi connectivity index (χ0n) is 10.5. The number of ether oxygens (including phenoxy) is 1. The van der Waals surface area contributed by atoms with Crippen molar-refractivity contribution >= 4 is 17.3 Å². The molecule has 0 atom stereocenters. The molecule has 2 heterocycles. The van der Waals surface area contributed by atoms with Gasteiger partial charge in [-0.15, -0.1) is 11.3 Å². The lowest BCUT2D eigenvalue weighted by Gasteiger charge is -2.25. The van der Waals surface area contributed by atoms with E-state index in [2.05, 4.69) is 9.88 Å². The highest BCUT2D eigenvalue weighted by Crippen LogP contribution is 2.26. The molecule has 0 radical (unpaired) electrons. The molecule has 1 aliphatic rings. The third kappa shape index (κ3) is 3.20. The average Bonchev–Trinajstić information content (AvgIpc) is 2.72. The molecule has 1 N–H and O–H groups in total. The number of piperidine rings is 1. The van der Waals surface area contributed by atoms with E-state index in [1.165, 1.54) is 30.6 Å². The zero-order valence-corrected chi connectivity index (χ0v) is 11.3. The van der Waals surface area contributed by atoms with Gasteiger partial charge in [-0.3, -0.25) is 4.90 Å². The lowest BCUT2D eigenvalue weighted by atomic mass is 10.1. The van der Waals surface area contributed by atoms with E-state index in [9.17, 15) is 9.90 Å². The van der Waals surface area contributed by atoms with Gasteiger partial charge in [0.2, 0.25) is 5.88 Å². The molecule has 1 aromatic heterocycles. The van der Waals surface area contributed by atoms with Gasteiger partial charge >= 0.3 is 5.97 Å². The SMILES string of the molecule is CCOC(=O)c1sc(CN2CCCCC2)nc1O. The minimum Gasteiger partial charge on any atom is -0.492 e. The minimum atomic E-state index is -0.489. The molecule has 0 aliphatic carbocycles. The van der Waals surface area contributed by atoms with Crippen molar-refractivity contribution in [2.24, 2.45) is 0 Å². The van der Waals surface area contributed by atoms with Crippen molar-refractivity contribution in [1.29, 1.82) is 0 Å². The van der Waals surface area contributed by atoms with Crippen molar-refractivity contribution in [2.45, 2.75) is 32.7 Å². The van der Waals surface area contributed by atoms with Crippen molar-refractivity contribution in [3.8, 4) is 5.88 Å². The number of likely N-dealkylation sites (tertiary alicyclic amines) is 1. The van der Waals surface area contributed by atoms with Crippen LogP contribution in [0.1, 0.15) is 40.9 Å². The molecule has 1 aromatic rings. The zero-order chi connectivity index (χ0) is 13.0. The summed E-state index contributed by atoms with van der Waals surface area (Å²) in [5.74, 6) is -0.692. The van der Waals surface area contributed by atoms with Gasteiger partial charge in [-0.1, -0.05) is 6.42 Å². The summed E-state index contributed by atoms with van der Waals surface area (Å²) in [6.07, 6.45) is 3.71. The van der Waals surface area contributed by atoms with Gasteiger partial charge < -0.3 is 9.84 Å². The number of nitrogens with zero attached hydrogens (tertiary/aromatic N) is 2. The van der Waals surface area contributed by atoms with Gasteiger partial charge in [0, 0.05) is 0 Å².